The summed E-state index contributed by atoms with van der Waals surface area (Å²) < 4.78 is 11.2. The standard InChI is InChI=1S/C16H24N2O2/c1-18(11-13-4-6-17-7-5-13)12-14-2-3-15-16(10-14)20-9-8-19-15/h2-3,10,13,17H,4-9,11-12H2,1H3. The highest BCUT2D eigenvalue weighted by atomic mass is 16.6. The maximum Gasteiger partial charge on any atom is 0.161 e. The topological polar surface area (TPSA) is 33.7 Å². The minimum Gasteiger partial charge on any atom is -0.486 e. The van der Waals surface area contributed by atoms with E-state index in [-0.39, 0.29) is 0 Å². The average Bonchev–Trinajstić information content (AvgIpc) is 2.48. The Hall–Kier alpha value is -1.26. The van der Waals surface area contributed by atoms with E-state index in [1.807, 2.05) is 6.07 Å². The Labute approximate surface area is 121 Å². The molecule has 1 saturated heterocycles. The summed E-state index contributed by atoms with van der Waals surface area (Å²) >= 11 is 0. The lowest BCUT2D eigenvalue weighted by atomic mass is 9.97. The minimum absolute atomic E-state index is 0.654. The lowest BCUT2D eigenvalue weighted by Gasteiger charge is -2.28. The first-order valence-corrected chi connectivity index (χ1v) is 7.59. The fraction of sp³-hybridized carbons (Fsp3) is 0.625. The Kier molecular flexibility index (Phi) is 4.43. The lowest BCUT2D eigenvalue weighted by molar-refractivity contribution is 0.171. The molecule has 2 aliphatic rings. The summed E-state index contributed by atoms with van der Waals surface area (Å²) in [6.07, 6.45) is 2.59. The van der Waals surface area contributed by atoms with Crippen molar-refractivity contribution >= 4 is 0 Å². The zero-order valence-corrected chi connectivity index (χ0v) is 12.2. The molecule has 0 unspecified atom stereocenters. The van der Waals surface area contributed by atoms with Gasteiger partial charge in [-0.25, -0.2) is 0 Å². The first-order chi connectivity index (χ1) is 9.81. The molecule has 0 bridgehead atoms. The van der Waals surface area contributed by atoms with Gasteiger partial charge < -0.3 is 19.7 Å². The number of piperidine rings is 1. The molecule has 0 saturated carbocycles. The summed E-state index contributed by atoms with van der Waals surface area (Å²) in [5.74, 6) is 2.60. The number of ether oxygens (including phenoxy) is 2. The first kappa shape index (κ1) is 13.7. The van der Waals surface area contributed by atoms with Crippen LogP contribution in [0.5, 0.6) is 11.5 Å². The number of fused-ring (bicyclic) bond motifs is 1. The molecule has 1 fully saturated rings. The van der Waals surface area contributed by atoms with Gasteiger partial charge in [0.1, 0.15) is 13.2 Å². The lowest BCUT2D eigenvalue weighted by Crippen LogP contribution is -2.34. The molecular weight excluding hydrogens is 252 g/mol. The number of benzene rings is 1. The molecule has 110 valence electrons. The summed E-state index contributed by atoms with van der Waals surface area (Å²) in [5, 5.41) is 3.42. The number of rotatable bonds is 4. The quantitative estimate of drug-likeness (QED) is 0.910. The van der Waals surface area contributed by atoms with E-state index in [0.29, 0.717) is 13.2 Å². The van der Waals surface area contributed by atoms with Crippen molar-refractivity contribution in [2.45, 2.75) is 19.4 Å². The zero-order chi connectivity index (χ0) is 13.8. The van der Waals surface area contributed by atoms with Crippen molar-refractivity contribution in [3.63, 3.8) is 0 Å². The smallest absolute Gasteiger partial charge is 0.161 e. The first-order valence-electron chi connectivity index (χ1n) is 7.59. The van der Waals surface area contributed by atoms with Crippen LogP contribution in [-0.4, -0.2) is 44.8 Å². The van der Waals surface area contributed by atoms with E-state index >= 15 is 0 Å². The van der Waals surface area contributed by atoms with Gasteiger partial charge >= 0.3 is 0 Å². The fourth-order valence-corrected chi connectivity index (χ4v) is 3.07. The van der Waals surface area contributed by atoms with E-state index < -0.39 is 0 Å². The molecule has 20 heavy (non-hydrogen) atoms. The Morgan fingerprint density at radius 2 is 1.90 bits per heavy atom. The van der Waals surface area contributed by atoms with Gasteiger partial charge in [-0.15, -0.1) is 0 Å². The van der Waals surface area contributed by atoms with E-state index in [9.17, 15) is 0 Å². The van der Waals surface area contributed by atoms with Crippen LogP contribution in [0.4, 0.5) is 0 Å². The molecule has 0 atom stereocenters. The van der Waals surface area contributed by atoms with E-state index in [1.54, 1.807) is 0 Å². The van der Waals surface area contributed by atoms with Gasteiger partial charge in [-0.3, -0.25) is 0 Å². The minimum atomic E-state index is 0.654. The molecule has 0 amide bonds. The van der Waals surface area contributed by atoms with Crippen LogP contribution >= 0.6 is 0 Å². The molecule has 0 aromatic heterocycles. The second kappa shape index (κ2) is 6.46. The molecule has 4 nitrogen and oxygen atoms in total. The number of nitrogens with zero attached hydrogens (tertiary/aromatic N) is 1. The van der Waals surface area contributed by atoms with E-state index in [4.69, 9.17) is 9.47 Å². The Bertz CT molecular complexity index is 444. The molecule has 3 rings (SSSR count). The largest absolute Gasteiger partial charge is 0.486 e. The van der Waals surface area contributed by atoms with Crippen molar-refractivity contribution in [3.05, 3.63) is 23.8 Å². The third-order valence-corrected chi connectivity index (χ3v) is 4.09. The Morgan fingerprint density at radius 3 is 2.70 bits per heavy atom. The molecule has 0 aliphatic carbocycles. The molecule has 2 heterocycles. The summed E-state index contributed by atoms with van der Waals surface area (Å²) in [5.41, 5.74) is 1.30. The summed E-state index contributed by atoms with van der Waals surface area (Å²) in [6, 6.07) is 6.29. The second-order valence-electron chi connectivity index (χ2n) is 5.87. The van der Waals surface area contributed by atoms with Crippen LogP contribution in [0, 0.1) is 5.92 Å². The van der Waals surface area contributed by atoms with Gasteiger partial charge in [0.25, 0.3) is 0 Å². The molecule has 1 aromatic carbocycles. The van der Waals surface area contributed by atoms with Crippen molar-refractivity contribution in [2.75, 3.05) is 39.9 Å². The molecule has 4 heteroatoms. The average molecular weight is 276 g/mol. The maximum atomic E-state index is 5.64. The van der Waals surface area contributed by atoms with Crippen molar-refractivity contribution in [3.8, 4) is 11.5 Å². The van der Waals surface area contributed by atoms with Gasteiger partial charge in [0.05, 0.1) is 0 Å². The van der Waals surface area contributed by atoms with Crippen LogP contribution < -0.4 is 14.8 Å². The van der Waals surface area contributed by atoms with Gasteiger partial charge in [-0.05, 0) is 56.6 Å². The van der Waals surface area contributed by atoms with Crippen LogP contribution in [0.25, 0.3) is 0 Å². The van der Waals surface area contributed by atoms with E-state index in [0.717, 1.165) is 24.0 Å². The normalized spacial score (nSPS) is 19.3. The SMILES string of the molecule is CN(Cc1ccc2c(c1)OCCO2)CC1CCNCC1. The predicted octanol–water partition coefficient (Wildman–Crippen LogP) is 1.89. The highest BCUT2D eigenvalue weighted by molar-refractivity contribution is 5.43. The molecular formula is C16H24N2O2. The maximum absolute atomic E-state index is 5.64. The summed E-state index contributed by atoms with van der Waals surface area (Å²) in [7, 11) is 2.21. The van der Waals surface area contributed by atoms with Gasteiger partial charge in [0.2, 0.25) is 0 Å². The van der Waals surface area contributed by atoms with E-state index in [1.165, 1.54) is 38.0 Å². The zero-order valence-electron chi connectivity index (χ0n) is 12.2. The second-order valence-corrected chi connectivity index (χ2v) is 5.87. The van der Waals surface area contributed by atoms with Crippen LogP contribution in [-0.2, 0) is 6.54 Å². The number of hydrogen-bond acceptors (Lipinski definition) is 4. The highest BCUT2D eigenvalue weighted by Crippen LogP contribution is 2.31. The third kappa shape index (κ3) is 3.44. The highest BCUT2D eigenvalue weighted by Gasteiger charge is 2.16. The summed E-state index contributed by atoms with van der Waals surface area (Å²) in [6.45, 7) is 5.80. The molecule has 2 aliphatic heterocycles. The van der Waals surface area contributed by atoms with Gasteiger partial charge in [-0.2, -0.15) is 0 Å². The summed E-state index contributed by atoms with van der Waals surface area (Å²) in [4.78, 5) is 2.42. The van der Waals surface area contributed by atoms with Crippen molar-refractivity contribution in [2.24, 2.45) is 5.92 Å². The van der Waals surface area contributed by atoms with Gasteiger partial charge in [-0.1, -0.05) is 6.07 Å². The fourth-order valence-electron chi connectivity index (χ4n) is 3.07. The van der Waals surface area contributed by atoms with Crippen molar-refractivity contribution < 1.29 is 9.47 Å². The monoisotopic (exact) mass is 276 g/mol. The predicted molar refractivity (Wildman–Crippen MR) is 79.4 cm³/mol. The van der Waals surface area contributed by atoms with Crippen molar-refractivity contribution in [1.29, 1.82) is 0 Å². The number of hydrogen-bond donors (Lipinski definition) is 1. The van der Waals surface area contributed by atoms with Gasteiger partial charge in [0.15, 0.2) is 11.5 Å². The molecule has 1 aromatic rings. The van der Waals surface area contributed by atoms with Crippen LogP contribution in [0.2, 0.25) is 0 Å². The number of nitrogens with one attached hydrogen (secondary N) is 1. The Balaban J connectivity index is 1.56. The van der Waals surface area contributed by atoms with E-state index in [2.05, 4.69) is 29.4 Å². The molecule has 0 spiro atoms. The van der Waals surface area contributed by atoms with Gasteiger partial charge in [0, 0.05) is 13.1 Å². The third-order valence-electron chi connectivity index (χ3n) is 4.09. The van der Waals surface area contributed by atoms with Crippen molar-refractivity contribution in [1.82, 2.24) is 10.2 Å². The molecule has 1 N–H and O–H groups in total. The molecule has 0 radical (unpaired) electrons. The van der Waals surface area contributed by atoms with Crippen LogP contribution in [0.1, 0.15) is 18.4 Å². The van der Waals surface area contributed by atoms with Crippen LogP contribution in [0.15, 0.2) is 18.2 Å². The van der Waals surface area contributed by atoms with Crippen LogP contribution in [0.3, 0.4) is 0 Å². The Morgan fingerprint density at radius 1 is 1.15 bits per heavy atom.